The summed E-state index contributed by atoms with van der Waals surface area (Å²) in [6.45, 7) is 6.89. The number of hydrogen-bond donors (Lipinski definition) is 1. The number of benzene rings is 2. The molecule has 0 aliphatic carbocycles. The van der Waals surface area contributed by atoms with Crippen LogP contribution in [0.3, 0.4) is 0 Å². The van der Waals surface area contributed by atoms with E-state index in [1.807, 2.05) is 36.4 Å². The molecule has 0 saturated heterocycles. The van der Waals surface area contributed by atoms with Crippen molar-refractivity contribution in [2.75, 3.05) is 19.8 Å². The van der Waals surface area contributed by atoms with E-state index in [0.717, 1.165) is 30.1 Å². The third-order valence-electron chi connectivity index (χ3n) is 4.61. The number of nitrogens with zero attached hydrogens (tertiary/aromatic N) is 1. The van der Waals surface area contributed by atoms with Gasteiger partial charge in [-0.1, -0.05) is 51.7 Å². The molecule has 0 heterocycles. The van der Waals surface area contributed by atoms with Crippen molar-refractivity contribution in [3.8, 4) is 17.2 Å². The van der Waals surface area contributed by atoms with Gasteiger partial charge in [-0.3, -0.25) is 4.79 Å². The lowest BCUT2D eigenvalue weighted by molar-refractivity contribution is -0.123. The molecule has 0 unspecified atom stereocenters. The summed E-state index contributed by atoms with van der Waals surface area (Å²) >= 11 is 0. The number of carbonyl (C=O) groups is 1. The van der Waals surface area contributed by atoms with Crippen molar-refractivity contribution in [2.24, 2.45) is 5.10 Å². The van der Waals surface area contributed by atoms with Crippen molar-refractivity contribution in [2.45, 2.75) is 45.4 Å². The summed E-state index contributed by atoms with van der Waals surface area (Å²) in [6.07, 6.45) is 10.7. The van der Waals surface area contributed by atoms with Gasteiger partial charge in [0.05, 0.1) is 12.8 Å². The number of hydrazone groups is 1. The molecule has 0 radical (unpaired) electrons. The smallest absolute Gasteiger partial charge is 0.277 e. The highest BCUT2D eigenvalue weighted by molar-refractivity contribution is 5.83. The van der Waals surface area contributed by atoms with E-state index < -0.39 is 0 Å². The highest BCUT2D eigenvalue weighted by Crippen LogP contribution is 2.18. The fourth-order valence-electron chi connectivity index (χ4n) is 2.87. The van der Waals surface area contributed by atoms with E-state index in [1.165, 1.54) is 32.1 Å². The summed E-state index contributed by atoms with van der Waals surface area (Å²) < 4.78 is 16.7. The first-order valence-corrected chi connectivity index (χ1v) is 11.2. The van der Waals surface area contributed by atoms with Crippen LogP contribution in [0.25, 0.3) is 0 Å². The van der Waals surface area contributed by atoms with Crippen molar-refractivity contribution in [3.63, 3.8) is 0 Å². The van der Waals surface area contributed by atoms with E-state index in [4.69, 9.17) is 14.2 Å². The molecule has 0 atom stereocenters. The Kier molecular flexibility index (Phi) is 12.1. The summed E-state index contributed by atoms with van der Waals surface area (Å²) in [7, 11) is 0. The molecule has 0 fully saturated rings. The highest BCUT2D eigenvalue weighted by Gasteiger charge is 2.02. The number of hydrogen-bond acceptors (Lipinski definition) is 5. The van der Waals surface area contributed by atoms with Gasteiger partial charge in [0.1, 0.15) is 23.9 Å². The van der Waals surface area contributed by atoms with Gasteiger partial charge in [0.25, 0.3) is 5.91 Å². The standard InChI is InChI=1S/C26H34N2O4/c1-3-5-6-7-8-9-19-31-24-14-16-25(17-15-24)32-21-26(29)28-27-20-22-10-12-23(13-11-22)30-18-4-2/h4,10-17,20H,2-3,5-9,18-19,21H2,1H3,(H,28,29). The molecule has 32 heavy (non-hydrogen) atoms. The van der Waals surface area contributed by atoms with Gasteiger partial charge in [0, 0.05) is 0 Å². The van der Waals surface area contributed by atoms with Crippen LogP contribution < -0.4 is 19.6 Å². The molecular weight excluding hydrogens is 404 g/mol. The largest absolute Gasteiger partial charge is 0.494 e. The minimum atomic E-state index is -0.337. The second kappa shape index (κ2) is 15.5. The maximum atomic E-state index is 11.9. The maximum absolute atomic E-state index is 11.9. The molecule has 2 rings (SSSR count). The zero-order chi connectivity index (χ0) is 22.9. The normalized spacial score (nSPS) is 10.7. The Morgan fingerprint density at radius 3 is 2.16 bits per heavy atom. The molecular formula is C26H34N2O4. The topological polar surface area (TPSA) is 69.2 Å². The predicted octanol–water partition coefficient (Wildman–Crippen LogP) is 5.52. The van der Waals surface area contributed by atoms with Crippen LogP contribution >= 0.6 is 0 Å². The van der Waals surface area contributed by atoms with Crippen molar-refractivity contribution < 1.29 is 19.0 Å². The van der Waals surface area contributed by atoms with Gasteiger partial charge in [-0.05, 0) is 60.5 Å². The Morgan fingerprint density at radius 2 is 1.47 bits per heavy atom. The Labute approximate surface area is 191 Å². The van der Waals surface area contributed by atoms with Gasteiger partial charge >= 0.3 is 0 Å². The number of amides is 1. The number of nitrogens with one attached hydrogen (secondary N) is 1. The van der Waals surface area contributed by atoms with Gasteiger partial charge in [-0.25, -0.2) is 5.43 Å². The first-order valence-electron chi connectivity index (χ1n) is 11.2. The molecule has 0 spiro atoms. The molecule has 0 saturated carbocycles. The van der Waals surface area contributed by atoms with E-state index in [2.05, 4.69) is 24.0 Å². The van der Waals surface area contributed by atoms with Crippen molar-refractivity contribution in [1.29, 1.82) is 0 Å². The first kappa shape index (κ1) is 25.0. The first-order chi connectivity index (χ1) is 15.7. The summed E-state index contributed by atoms with van der Waals surface area (Å²) in [5.41, 5.74) is 3.29. The van der Waals surface area contributed by atoms with E-state index in [-0.39, 0.29) is 12.5 Å². The highest BCUT2D eigenvalue weighted by atomic mass is 16.5. The van der Waals surface area contributed by atoms with Crippen LogP contribution in [0.1, 0.15) is 51.0 Å². The van der Waals surface area contributed by atoms with Crippen LogP contribution in [0.4, 0.5) is 0 Å². The van der Waals surface area contributed by atoms with Gasteiger partial charge in [-0.2, -0.15) is 5.10 Å². The minimum Gasteiger partial charge on any atom is -0.494 e. The molecule has 2 aromatic rings. The van der Waals surface area contributed by atoms with Crippen LogP contribution in [-0.4, -0.2) is 31.9 Å². The van der Waals surface area contributed by atoms with Gasteiger partial charge < -0.3 is 14.2 Å². The molecule has 2 aromatic carbocycles. The monoisotopic (exact) mass is 438 g/mol. The van der Waals surface area contributed by atoms with Gasteiger partial charge in [0.15, 0.2) is 6.61 Å². The fourth-order valence-corrected chi connectivity index (χ4v) is 2.87. The second-order valence-corrected chi connectivity index (χ2v) is 7.34. The third-order valence-corrected chi connectivity index (χ3v) is 4.61. The van der Waals surface area contributed by atoms with Crippen LogP contribution in [0.2, 0.25) is 0 Å². The van der Waals surface area contributed by atoms with E-state index in [1.54, 1.807) is 24.4 Å². The quantitative estimate of drug-likeness (QED) is 0.162. The van der Waals surface area contributed by atoms with Crippen molar-refractivity contribution in [3.05, 3.63) is 66.7 Å². The number of carbonyl (C=O) groups excluding carboxylic acids is 1. The predicted molar refractivity (Wildman–Crippen MR) is 129 cm³/mol. The van der Waals surface area contributed by atoms with Gasteiger partial charge in [-0.15, -0.1) is 0 Å². The Morgan fingerprint density at radius 1 is 0.875 bits per heavy atom. The second-order valence-electron chi connectivity index (χ2n) is 7.34. The van der Waals surface area contributed by atoms with Crippen LogP contribution in [-0.2, 0) is 4.79 Å². The van der Waals surface area contributed by atoms with Crippen LogP contribution in [0.15, 0.2) is 66.3 Å². The molecule has 1 N–H and O–H groups in total. The van der Waals surface area contributed by atoms with Gasteiger partial charge in [0.2, 0.25) is 0 Å². The molecule has 0 aliphatic rings. The Hall–Kier alpha value is -3.28. The van der Waals surface area contributed by atoms with Crippen molar-refractivity contribution in [1.82, 2.24) is 5.43 Å². The van der Waals surface area contributed by atoms with Crippen LogP contribution in [0.5, 0.6) is 17.2 Å². The third kappa shape index (κ3) is 10.7. The molecule has 0 aliphatic heterocycles. The number of ether oxygens (including phenoxy) is 3. The summed E-state index contributed by atoms with van der Waals surface area (Å²) in [6, 6.07) is 14.6. The molecule has 0 bridgehead atoms. The Bertz CT molecular complexity index is 817. The minimum absolute atomic E-state index is 0.121. The van der Waals surface area contributed by atoms with Crippen LogP contribution in [0, 0.1) is 0 Å². The molecule has 172 valence electrons. The lowest BCUT2D eigenvalue weighted by atomic mass is 10.1. The molecule has 6 nitrogen and oxygen atoms in total. The lowest BCUT2D eigenvalue weighted by Crippen LogP contribution is -2.24. The SMILES string of the molecule is C=CCOc1ccc(C=NNC(=O)COc2ccc(OCCCCCCCC)cc2)cc1. The molecule has 1 amide bonds. The zero-order valence-corrected chi connectivity index (χ0v) is 18.9. The van der Waals surface area contributed by atoms with E-state index >= 15 is 0 Å². The van der Waals surface area contributed by atoms with E-state index in [9.17, 15) is 4.79 Å². The zero-order valence-electron chi connectivity index (χ0n) is 18.9. The average Bonchev–Trinajstić information content (AvgIpc) is 2.82. The number of rotatable bonds is 16. The summed E-state index contributed by atoms with van der Waals surface area (Å²) in [5, 5.41) is 3.94. The molecule has 0 aromatic heterocycles. The lowest BCUT2D eigenvalue weighted by Gasteiger charge is -2.08. The fraction of sp³-hybridized carbons (Fsp3) is 0.385. The van der Waals surface area contributed by atoms with E-state index in [0.29, 0.717) is 12.4 Å². The van der Waals surface area contributed by atoms with Crippen molar-refractivity contribution >= 4 is 12.1 Å². The maximum Gasteiger partial charge on any atom is 0.277 e. The summed E-state index contributed by atoms with van der Waals surface area (Å²) in [5.74, 6) is 1.82. The Balaban J connectivity index is 1.62. The number of unbranched alkanes of at least 4 members (excludes halogenated alkanes) is 5. The average molecular weight is 439 g/mol. The summed E-state index contributed by atoms with van der Waals surface area (Å²) in [4.78, 5) is 11.9. The molecule has 6 heteroatoms.